The Bertz CT molecular complexity index is 1930. The van der Waals surface area contributed by atoms with Crippen LogP contribution < -0.4 is 4.72 Å². The molecule has 10 heteroatoms. The van der Waals surface area contributed by atoms with Gasteiger partial charge in [0.05, 0.1) is 30.4 Å². The number of hydrogen-bond acceptors (Lipinski definition) is 8. The lowest BCUT2D eigenvalue weighted by Crippen LogP contribution is -2.46. The molecule has 5 aromatic rings. The number of aliphatic hydroxyl groups is 2. The Hall–Kier alpha value is -4.16. The molecule has 0 radical (unpaired) electrons. The quantitative estimate of drug-likeness (QED) is 0.149. The lowest BCUT2D eigenvalue weighted by atomic mass is 9.89. The SMILES string of the molecule is CC1C(CN(C)C(C)C(O)c2ccccc2)OC(c2cccc(NS(=O)(=O)c3cccc4cccnc34)c2)OC1c1ccc(CO)cc1. The van der Waals surface area contributed by atoms with Gasteiger partial charge < -0.3 is 19.7 Å². The van der Waals surface area contributed by atoms with Crippen molar-refractivity contribution >= 4 is 26.6 Å². The predicted molar refractivity (Wildman–Crippen MR) is 185 cm³/mol. The van der Waals surface area contributed by atoms with Crippen molar-refractivity contribution in [2.45, 2.75) is 56.0 Å². The summed E-state index contributed by atoms with van der Waals surface area (Å²) in [6, 6.07) is 32.8. The van der Waals surface area contributed by atoms with Crippen LogP contribution in [0.1, 0.15) is 54.6 Å². The maximum atomic E-state index is 13.6. The maximum Gasteiger partial charge on any atom is 0.264 e. The van der Waals surface area contributed by atoms with E-state index in [2.05, 4.69) is 21.5 Å². The molecule has 0 spiro atoms. The molecule has 0 aliphatic carbocycles. The Morgan fingerprint density at radius 3 is 2.38 bits per heavy atom. The van der Waals surface area contributed by atoms with E-state index in [0.29, 0.717) is 23.3 Å². The molecule has 1 fully saturated rings. The normalized spacial score (nSPS) is 21.2. The van der Waals surface area contributed by atoms with Crippen LogP contribution in [0.15, 0.2) is 120 Å². The number of hydrogen-bond donors (Lipinski definition) is 3. The standard InChI is InChI=1S/C38H41N3O6S/c1-25-33(23-41(3)26(2)36(43)29-10-5-4-6-11-29)46-38(47-37(25)30-19-17-27(24-42)18-20-30)31-13-7-15-32(22-31)40-48(44,45)34-16-8-12-28-14-9-21-39-35(28)34/h4-22,25-26,33,36-38,40,42-43H,23-24H2,1-3H3. The van der Waals surface area contributed by atoms with Crippen LogP contribution in [-0.2, 0) is 26.1 Å². The Kier molecular flexibility index (Phi) is 10.2. The number of para-hydroxylation sites is 1. The Morgan fingerprint density at radius 1 is 0.896 bits per heavy atom. The zero-order valence-corrected chi connectivity index (χ0v) is 28.0. The van der Waals surface area contributed by atoms with Crippen molar-refractivity contribution in [2.24, 2.45) is 5.92 Å². The number of pyridine rings is 1. The van der Waals surface area contributed by atoms with Crippen molar-refractivity contribution in [1.29, 1.82) is 0 Å². The fraction of sp³-hybridized carbons (Fsp3) is 0.289. The highest BCUT2D eigenvalue weighted by atomic mass is 32.2. The first kappa shape index (κ1) is 33.7. The van der Waals surface area contributed by atoms with E-state index in [4.69, 9.17) is 9.47 Å². The average Bonchev–Trinajstić information content (AvgIpc) is 3.11. The summed E-state index contributed by atoms with van der Waals surface area (Å²) in [5, 5.41) is 21.5. The van der Waals surface area contributed by atoms with E-state index in [1.807, 2.05) is 86.8 Å². The van der Waals surface area contributed by atoms with Crippen LogP contribution in [0.4, 0.5) is 5.69 Å². The molecule has 6 atom stereocenters. The van der Waals surface area contributed by atoms with Gasteiger partial charge in [0.1, 0.15) is 4.90 Å². The zero-order valence-electron chi connectivity index (χ0n) is 27.2. The molecule has 1 aliphatic rings. The summed E-state index contributed by atoms with van der Waals surface area (Å²) in [6.45, 7) is 4.53. The number of nitrogens with zero attached hydrogens (tertiary/aromatic N) is 2. The van der Waals surface area contributed by atoms with Crippen molar-refractivity contribution in [3.63, 3.8) is 0 Å². The molecule has 1 saturated heterocycles. The van der Waals surface area contributed by atoms with Crippen molar-refractivity contribution in [3.05, 3.63) is 138 Å². The molecule has 1 aliphatic heterocycles. The number of ether oxygens (including phenoxy) is 2. The van der Waals surface area contributed by atoms with E-state index in [1.54, 1.807) is 42.6 Å². The minimum Gasteiger partial charge on any atom is -0.392 e. The number of likely N-dealkylation sites (N-methyl/N-ethyl adjacent to an activating group) is 1. The van der Waals surface area contributed by atoms with Crippen molar-refractivity contribution < 1.29 is 28.1 Å². The molecule has 1 aromatic heterocycles. The molecule has 6 unspecified atom stereocenters. The van der Waals surface area contributed by atoms with Gasteiger partial charge in [-0.2, -0.15) is 0 Å². The molecule has 3 N–H and O–H groups in total. The third kappa shape index (κ3) is 7.29. The lowest BCUT2D eigenvalue weighted by Gasteiger charge is -2.43. The monoisotopic (exact) mass is 667 g/mol. The summed E-state index contributed by atoms with van der Waals surface area (Å²) in [5.41, 5.74) is 4.00. The van der Waals surface area contributed by atoms with Gasteiger partial charge in [0.15, 0.2) is 6.29 Å². The third-order valence-electron chi connectivity index (χ3n) is 9.18. The molecule has 250 valence electrons. The molecular formula is C38H41N3O6S. The van der Waals surface area contributed by atoms with Gasteiger partial charge in [0, 0.05) is 41.3 Å². The molecular weight excluding hydrogens is 627 g/mol. The van der Waals surface area contributed by atoms with Gasteiger partial charge in [0.25, 0.3) is 10.0 Å². The first-order chi connectivity index (χ1) is 23.1. The molecule has 0 saturated carbocycles. The molecule has 6 rings (SSSR count). The predicted octanol–water partition coefficient (Wildman–Crippen LogP) is 6.37. The van der Waals surface area contributed by atoms with Gasteiger partial charge in [-0.05, 0) is 54.9 Å². The van der Waals surface area contributed by atoms with Crippen LogP contribution in [0, 0.1) is 5.92 Å². The molecule has 9 nitrogen and oxygen atoms in total. The van der Waals surface area contributed by atoms with Crippen molar-refractivity contribution in [2.75, 3.05) is 18.3 Å². The molecule has 0 bridgehead atoms. The fourth-order valence-electron chi connectivity index (χ4n) is 6.20. The first-order valence-electron chi connectivity index (χ1n) is 16.0. The number of aromatic nitrogens is 1. The minimum atomic E-state index is -3.97. The van der Waals surface area contributed by atoms with Gasteiger partial charge in [0.2, 0.25) is 0 Å². The smallest absolute Gasteiger partial charge is 0.264 e. The first-order valence-corrected chi connectivity index (χ1v) is 17.5. The van der Waals surface area contributed by atoms with E-state index in [9.17, 15) is 18.6 Å². The number of rotatable bonds is 11. The van der Waals surface area contributed by atoms with Crippen molar-refractivity contribution in [1.82, 2.24) is 9.88 Å². The van der Waals surface area contributed by atoms with Crippen LogP contribution in [0.2, 0.25) is 0 Å². The van der Waals surface area contributed by atoms with Crippen LogP contribution >= 0.6 is 0 Å². The van der Waals surface area contributed by atoms with Gasteiger partial charge in [-0.1, -0.05) is 91.9 Å². The van der Waals surface area contributed by atoms with Gasteiger partial charge in [-0.15, -0.1) is 0 Å². The van der Waals surface area contributed by atoms with Gasteiger partial charge in [-0.25, -0.2) is 8.42 Å². The number of fused-ring (bicyclic) bond motifs is 1. The van der Waals surface area contributed by atoms with Gasteiger partial charge in [-0.3, -0.25) is 14.6 Å². The third-order valence-corrected chi connectivity index (χ3v) is 10.6. The van der Waals surface area contributed by atoms with Crippen LogP contribution in [0.25, 0.3) is 10.9 Å². The summed E-state index contributed by atoms with van der Waals surface area (Å²) < 4.78 is 43.1. The summed E-state index contributed by atoms with van der Waals surface area (Å²) >= 11 is 0. The average molecular weight is 668 g/mol. The number of aliphatic hydroxyl groups excluding tert-OH is 2. The summed E-state index contributed by atoms with van der Waals surface area (Å²) in [4.78, 5) is 6.50. The molecule has 4 aromatic carbocycles. The highest BCUT2D eigenvalue weighted by Gasteiger charge is 2.39. The summed E-state index contributed by atoms with van der Waals surface area (Å²) in [6.07, 6.45) is -0.577. The van der Waals surface area contributed by atoms with Crippen LogP contribution in [-0.4, -0.2) is 54.3 Å². The molecule has 2 heterocycles. The van der Waals surface area contributed by atoms with E-state index in [0.717, 1.165) is 22.1 Å². The van der Waals surface area contributed by atoms with E-state index >= 15 is 0 Å². The Labute approximate surface area is 281 Å². The Balaban J connectivity index is 1.27. The molecule has 48 heavy (non-hydrogen) atoms. The van der Waals surface area contributed by atoms with Gasteiger partial charge >= 0.3 is 0 Å². The largest absolute Gasteiger partial charge is 0.392 e. The fourth-order valence-corrected chi connectivity index (χ4v) is 7.43. The zero-order chi connectivity index (χ0) is 33.8. The second-order valence-corrected chi connectivity index (χ2v) is 14.1. The molecule has 0 amide bonds. The van der Waals surface area contributed by atoms with E-state index in [1.165, 1.54) is 0 Å². The topological polar surface area (TPSA) is 121 Å². The number of sulfonamides is 1. The maximum absolute atomic E-state index is 13.6. The number of nitrogens with one attached hydrogen (secondary N) is 1. The highest BCUT2D eigenvalue weighted by molar-refractivity contribution is 7.93. The highest BCUT2D eigenvalue weighted by Crippen LogP contribution is 2.42. The van der Waals surface area contributed by atoms with E-state index < -0.39 is 22.4 Å². The second kappa shape index (κ2) is 14.5. The van der Waals surface area contributed by atoms with Crippen LogP contribution in [0.3, 0.4) is 0 Å². The number of anilines is 1. The lowest BCUT2D eigenvalue weighted by molar-refractivity contribution is -0.276. The summed E-state index contributed by atoms with van der Waals surface area (Å²) in [5.74, 6) is -0.0784. The van der Waals surface area contributed by atoms with Crippen LogP contribution in [0.5, 0.6) is 0 Å². The second-order valence-electron chi connectivity index (χ2n) is 12.4. The van der Waals surface area contributed by atoms with E-state index in [-0.39, 0.29) is 35.7 Å². The van der Waals surface area contributed by atoms with Crippen molar-refractivity contribution in [3.8, 4) is 0 Å². The number of benzene rings is 4. The minimum absolute atomic E-state index is 0.0559. The Morgan fingerprint density at radius 2 is 1.62 bits per heavy atom. The summed E-state index contributed by atoms with van der Waals surface area (Å²) in [7, 11) is -2.00.